The number of hydrogen-bond acceptors (Lipinski definition) is 2. The first-order valence-corrected chi connectivity index (χ1v) is 6.55. The zero-order valence-corrected chi connectivity index (χ0v) is 10.3. The minimum atomic E-state index is 0.175. The predicted molar refractivity (Wildman–Crippen MR) is 63.8 cm³/mol. The van der Waals surface area contributed by atoms with Crippen molar-refractivity contribution in [2.24, 2.45) is 5.92 Å². The second kappa shape index (κ2) is 4.54. The van der Waals surface area contributed by atoms with Gasteiger partial charge in [-0.05, 0) is 17.4 Å². The van der Waals surface area contributed by atoms with E-state index in [-0.39, 0.29) is 5.91 Å². The fourth-order valence-corrected chi connectivity index (χ4v) is 2.79. The highest BCUT2D eigenvalue weighted by atomic mass is 35.5. The Morgan fingerprint density at radius 2 is 2.47 bits per heavy atom. The molecule has 1 amide bonds. The summed E-state index contributed by atoms with van der Waals surface area (Å²) in [6.45, 7) is 3.69. The fourth-order valence-electron chi connectivity index (χ4n) is 1.83. The number of thiophene rings is 1. The van der Waals surface area contributed by atoms with Crippen molar-refractivity contribution in [3.8, 4) is 0 Å². The van der Waals surface area contributed by atoms with Crippen LogP contribution in [0.5, 0.6) is 0 Å². The molecule has 1 aliphatic heterocycles. The highest BCUT2D eigenvalue weighted by Gasteiger charge is 2.25. The molecule has 1 aromatic heterocycles. The number of nitrogens with zero attached hydrogens (tertiary/aromatic N) is 1. The van der Waals surface area contributed by atoms with Gasteiger partial charge in [-0.3, -0.25) is 4.79 Å². The van der Waals surface area contributed by atoms with Crippen molar-refractivity contribution in [1.82, 2.24) is 4.90 Å². The molecule has 0 radical (unpaired) electrons. The summed E-state index contributed by atoms with van der Waals surface area (Å²) in [6, 6.07) is 1.93. The van der Waals surface area contributed by atoms with Crippen LogP contribution in [0.4, 0.5) is 0 Å². The molecule has 0 N–H and O–H groups in total. The number of fused-ring (bicyclic) bond motifs is 1. The standard InChI is InChI=1S/C11H14ClNOS/c1-8(6-12)7-13-4-2-10-9(11(13)14)3-5-15-10/h3,5,8H,2,4,6-7H2,1H3. The first kappa shape index (κ1) is 11.0. The molecule has 1 unspecified atom stereocenters. The maximum absolute atomic E-state index is 12.0. The van der Waals surface area contributed by atoms with Crippen molar-refractivity contribution in [3.05, 3.63) is 21.9 Å². The van der Waals surface area contributed by atoms with Gasteiger partial charge in [-0.2, -0.15) is 0 Å². The van der Waals surface area contributed by atoms with Gasteiger partial charge in [-0.25, -0.2) is 0 Å². The van der Waals surface area contributed by atoms with Gasteiger partial charge in [-0.1, -0.05) is 6.92 Å². The van der Waals surface area contributed by atoms with E-state index >= 15 is 0 Å². The quantitative estimate of drug-likeness (QED) is 0.748. The van der Waals surface area contributed by atoms with E-state index in [1.54, 1.807) is 11.3 Å². The molecular formula is C11H14ClNOS. The topological polar surface area (TPSA) is 20.3 Å². The molecule has 1 aromatic rings. The van der Waals surface area contributed by atoms with Crippen molar-refractivity contribution in [2.45, 2.75) is 13.3 Å². The van der Waals surface area contributed by atoms with Crippen LogP contribution in [0.3, 0.4) is 0 Å². The minimum absolute atomic E-state index is 0.175. The van der Waals surface area contributed by atoms with E-state index in [1.165, 1.54) is 4.88 Å². The van der Waals surface area contributed by atoms with Crippen molar-refractivity contribution < 1.29 is 4.79 Å². The van der Waals surface area contributed by atoms with Crippen LogP contribution in [0.1, 0.15) is 22.2 Å². The molecule has 82 valence electrons. The summed E-state index contributed by atoms with van der Waals surface area (Å²) in [6.07, 6.45) is 0.994. The summed E-state index contributed by atoms with van der Waals surface area (Å²) < 4.78 is 0. The Kier molecular flexibility index (Phi) is 3.32. The SMILES string of the molecule is CC(CCl)CN1CCc2sccc2C1=O. The third kappa shape index (κ3) is 2.18. The van der Waals surface area contributed by atoms with Gasteiger partial charge in [0.2, 0.25) is 0 Å². The van der Waals surface area contributed by atoms with Crippen LogP contribution in [-0.2, 0) is 6.42 Å². The third-order valence-electron chi connectivity index (χ3n) is 2.67. The number of carbonyl (C=O) groups excluding carboxylic acids is 1. The summed E-state index contributed by atoms with van der Waals surface area (Å²) in [5, 5.41) is 2.00. The van der Waals surface area contributed by atoms with Gasteiger partial charge in [0.1, 0.15) is 0 Å². The molecule has 0 saturated heterocycles. The second-order valence-electron chi connectivity index (χ2n) is 4.02. The molecule has 0 aromatic carbocycles. The van der Waals surface area contributed by atoms with Crippen LogP contribution in [0.2, 0.25) is 0 Å². The number of hydrogen-bond donors (Lipinski definition) is 0. The minimum Gasteiger partial charge on any atom is -0.338 e. The highest BCUT2D eigenvalue weighted by Crippen LogP contribution is 2.24. The van der Waals surface area contributed by atoms with Gasteiger partial charge in [0.05, 0.1) is 5.56 Å². The van der Waals surface area contributed by atoms with E-state index in [0.29, 0.717) is 11.8 Å². The predicted octanol–water partition coefficient (Wildman–Crippen LogP) is 2.62. The lowest BCUT2D eigenvalue weighted by molar-refractivity contribution is 0.0722. The summed E-state index contributed by atoms with van der Waals surface area (Å²) in [4.78, 5) is 15.2. The first-order chi connectivity index (χ1) is 7.22. The summed E-state index contributed by atoms with van der Waals surface area (Å²) in [5.74, 6) is 1.16. The summed E-state index contributed by atoms with van der Waals surface area (Å²) in [5.41, 5.74) is 0.896. The molecule has 2 nitrogen and oxygen atoms in total. The van der Waals surface area contributed by atoms with Gasteiger partial charge in [0.15, 0.2) is 0 Å². The Labute approximate surface area is 98.8 Å². The average Bonchev–Trinajstić information content (AvgIpc) is 2.70. The molecule has 4 heteroatoms. The van der Waals surface area contributed by atoms with Gasteiger partial charge < -0.3 is 4.90 Å². The van der Waals surface area contributed by atoms with E-state index in [9.17, 15) is 4.79 Å². The lowest BCUT2D eigenvalue weighted by Gasteiger charge is -2.28. The van der Waals surface area contributed by atoms with Crippen LogP contribution in [-0.4, -0.2) is 29.8 Å². The van der Waals surface area contributed by atoms with Gasteiger partial charge in [-0.15, -0.1) is 22.9 Å². The van der Waals surface area contributed by atoms with Crippen LogP contribution in [0.15, 0.2) is 11.4 Å². The van der Waals surface area contributed by atoms with E-state index in [0.717, 1.165) is 25.1 Å². The Hall–Kier alpha value is -0.540. The fraction of sp³-hybridized carbons (Fsp3) is 0.545. The average molecular weight is 244 g/mol. The molecule has 0 fully saturated rings. The number of carbonyl (C=O) groups is 1. The molecular weight excluding hydrogens is 230 g/mol. The molecule has 2 rings (SSSR count). The van der Waals surface area contributed by atoms with Crippen molar-refractivity contribution in [2.75, 3.05) is 19.0 Å². The molecule has 0 aliphatic carbocycles. The Morgan fingerprint density at radius 3 is 3.20 bits per heavy atom. The monoisotopic (exact) mass is 243 g/mol. The Morgan fingerprint density at radius 1 is 1.67 bits per heavy atom. The second-order valence-corrected chi connectivity index (χ2v) is 5.33. The first-order valence-electron chi connectivity index (χ1n) is 5.14. The smallest absolute Gasteiger partial charge is 0.255 e. The van der Waals surface area contributed by atoms with Crippen molar-refractivity contribution >= 4 is 28.8 Å². The van der Waals surface area contributed by atoms with E-state index in [4.69, 9.17) is 11.6 Å². The molecule has 15 heavy (non-hydrogen) atoms. The van der Waals surface area contributed by atoms with Crippen molar-refractivity contribution in [1.29, 1.82) is 0 Å². The van der Waals surface area contributed by atoms with Crippen LogP contribution in [0, 0.1) is 5.92 Å². The molecule has 1 atom stereocenters. The summed E-state index contributed by atoms with van der Waals surface area (Å²) in [7, 11) is 0. The largest absolute Gasteiger partial charge is 0.338 e. The van der Waals surface area contributed by atoms with Crippen LogP contribution >= 0.6 is 22.9 Å². The number of alkyl halides is 1. The number of halogens is 1. The van der Waals surface area contributed by atoms with Gasteiger partial charge >= 0.3 is 0 Å². The maximum Gasteiger partial charge on any atom is 0.255 e. The van der Waals surface area contributed by atoms with E-state index in [2.05, 4.69) is 6.92 Å². The molecule has 2 heterocycles. The zero-order chi connectivity index (χ0) is 10.8. The lowest BCUT2D eigenvalue weighted by Crippen LogP contribution is -2.39. The van der Waals surface area contributed by atoms with E-state index < -0.39 is 0 Å². The van der Waals surface area contributed by atoms with Gasteiger partial charge in [0.25, 0.3) is 5.91 Å². The maximum atomic E-state index is 12.0. The normalized spacial score (nSPS) is 17.7. The lowest BCUT2D eigenvalue weighted by atomic mass is 10.1. The number of rotatable bonds is 3. The molecule has 0 bridgehead atoms. The van der Waals surface area contributed by atoms with Crippen LogP contribution < -0.4 is 0 Å². The molecule has 1 aliphatic rings. The Bertz CT molecular complexity index is 363. The molecule has 0 spiro atoms. The number of amides is 1. The molecule has 0 saturated carbocycles. The third-order valence-corrected chi connectivity index (χ3v) is 4.17. The highest BCUT2D eigenvalue weighted by molar-refractivity contribution is 7.10. The van der Waals surface area contributed by atoms with E-state index in [1.807, 2.05) is 16.3 Å². The van der Waals surface area contributed by atoms with Gasteiger partial charge in [0, 0.05) is 30.3 Å². The van der Waals surface area contributed by atoms with Crippen LogP contribution in [0.25, 0.3) is 0 Å². The Balaban J connectivity index is 2.10. The van der Waals surface area contributed by atoms with Crippen molar-refractivity contribution in [3.63, 3.8) is 0 Å². The summed E-state index contributed by atoms with van der Waals surface area (Å²) >= 11 is 7.44. The zero-order valence-electron chi connectivity index (χ0n) is 8.70.